The summed E-state index contributed by atoms with van der Waals surface area (Å²) in [5, 5.41) is 7.65. The van der Waals surface area contributed by atoms with E-state index in [0.717, 1.165) is 0 Å². The van der Waals surface area contributed by atoms with Crippen molar-refractivity contribution < 1.29 is 22.9 Å². The molecule has 0 aliphatic rings. The van der Waals surface area contributed by atoms with Gasteiger partial charge in [0.1, 0.15) is 0 Å². The summed E-state index contributed by atoms with van der Waals surface area (Å²) in [6, 6.07) is 0. The van der Waals surface area contributed by atoms with Gasteiger partial charge in [-0.25, -0.2) is 0 Å². The van der Waals surface area contributed by atoms with Crippen molar-refractivity contribution in [1.29, 1.82) is 0 Å². The molecule has 13 heavy (non-hydrogen) atoms. The van der Waals surface area contributed by atoms with E-state index in [1.165, 1.54) is 0 Å². The zero-order valence-corrected chi connectivity index (χ0v) is 9.87. The van der Waals surface area contributed by atoms with E-state index in [1.807, 2.05) is 0 Å². The maximum atomic E-state index is 9.74. The van der Waals surface area contributed by atoms with Gasteiger partial charge in [-0.15, -0.1) is 12.4 Å². The number of hydrogen-bond donors (Lipinski definition) is 4. The number of carbonyl (C=O) groups is 1. The number of aliphatic carboxylic acids is 1. The lowest BCUT2D eigenvalue weighted by molar-refractivity contribution is -0.133. The van der Waals surface area contributed by atoms with Crippen LogP contribution in [0, 0.1) is 0 Å². The second-order valence-electron chi connectivity index (χ2n) is 1.56. The van der Waals surface area contributed by atoms with Gasteiger partial charge in [-0.1, -0.05) is 0 Å². The normalized spacial score (nSPS) is 9.15. The quantitative estimate of drug-likeness (QED) is 0.435. The minimum absolute atomic E-state index is 0. The van der Waals surface area contributed by atoms with Crippen molar-refractivity contribution in [3.8, 4) is 0 Å². The number of halogens is 1. The summed E-state index contributed by atoms with van der Waals surface area (Å²) in [5.41, 5.74) is 0. The summed E-state index contributed by atoms with van der Waals surface area (Å²) in [6.07, 6.45) is 0. The molecule has 82 valence electrons. The van der Waals surface area contributed by atoms with Crippen LogP contribution in [0.4, 0.5) is 0 Å². The Morgan fingerprint density at radius 2 is 1.62 bits per heavy atom. The van der Waals surface area contributed by atoms with Crippen LogP contribution in [-0.2, 0) is 14.9 Å². The Bertz CT molecular complexity index is 214. The van der Waals surface area contributed by atoms with Crippen LogP contribution >= 0.6 is 37.7 Å². The molecular weight excluding hydrogens is 260 g/mol. The molecule has 5 nitrogen and oxygen atoms in total. The predicted molar refractivity (Wildman–Crippen MR) is 59.0 cm³/mol. The van der Waals surface area contributed by atoms with Gasteiger partial charge >= 0.3 is 5.97 Å². The monoisotopic (exact) mass is 270 g/mol. The molecule has 0 atom stereocenters. The van der Waals surface area contributed by atoms with Gasteiger partial charge < -0.3 is 5.11 Å². The highest BCUT2D eigenvalue weighted by Gasteiger charge is 1.98. The lowest BCUT2D eigenvalue weighted by Crippen LogP contribution is -2.03. The maximum Gasteiger partial charge on any atom is 0.313 e. The number of thiol groups is 2. The number of rotatable bonds is 3. The highest BCUT2D eigenvalue weighted by Crippen LogP contribution is 1.81. The van der Waals surface area contributed by atoms with Gasteiger partial charge in [0.2, 0.25) is 0 Å². The second kappa shape index (κ2) is 10.5. The minimum atomic E-state index is -3.75. The first-order chi connectivity index (χ1) is 5.33. The molecule has 9 heteroatoms. The largest absolute Gasteiger partial charge is 0.481 e. The molecule has 0 aromatic heterocycles. The molecule has 0 aromatic carbocycles. The van der Waals surface area contributed by atoms with E-state index < -0.39 is 16.1 Å². The number of hydrogen-bond acceptors (Lipinski definition) is 5. The first-order valence-electron chi connectivity index (χ1n) is 2.72. The summed E-state index contributed by atoms with van der Waals surface area (Å²) < 4.78 is 27.4. The summed E-state index contributed by atoms with van der Waals surface area (Å²) in [6.45, 7) is 0. The van der Waals surface area contributed by atoms with Crippen LogP contribution in [0.25, 0.3) is 0 Å². The van der Waals surface area contributed by atoms with E-state index in [2.05, 4.69) is 25.3 Å². The third-order valence-corrected chi connectivity index (χ3v) is 2.00. The SMILES string of the molecule is Cl.O=C(O)CS.O=S(=O)(O)CCS. The number of carboxylic acids is 1. The van der Waals surface area contributed by atoms with Crippen LogP contribution in [0.15, 0.2) is 0 Å². The smallest absolute Gasteiger partial charge is 0.313 e. The Hall–Kier alpha value is 0.370. The molecule has 2 N–H and O–H groups in total. The molecule has 0 aromatic rings. The standard InChI is InChI=1S/C2H6O3S2.C2H4O2S.ClH/c3-7(4,5)2-1-6;3-2(4)1-5;/h6H,1-2H2,(H,3,4,5);5H,1H2,(H,3,4);1H. The Morgan fingerprint density at radius 1 is 1.31 bits per heavy atom. The molecule has 0 aliphatic heterocycles. The molecule has 0 aliphatic carbocycles. The van der Waals surface area contributed by atoms with Crippen molar-refractivity contribution in [1.82, 2.24) is 0 Å². The van der Waals surface area contributed by atoms with Crippen LogP contribution in [0.3, 0.4) is 0 Å². The van der Waals surface area contributed by atoms with Crippen molar-refractivity contribution in [2.24, 2.45) is 0 Å². The van der Waals surface area contributed by atoms with Gasteiger partial charge in [-0.2, -0.15) is 33.7 Å². The second-order valence-corrected chi connectivity index (χ2v) is 3.90. The third-order valence-electron chi connectivity index (χ3n) is 0.485. The van der Waals surface area contributed by atoms with E-state index in [1.54, 1.807) is 0 Å². The average Bonchev–Trinajstić information content (AvgIpc) is 1.86. The Morgan fingerprint density at radius 3 is 1.62 bits per heavy atom. The summed E-state index contributed by atoms with van der Waals surface area (Å²) >= 11 is 6.99. The van der Waals surface area contributed by atoms with Gasteiger partial charge in [0.25, 0.3) is 10.1 Å². The Balaban J connectivity index is -0.000000150. The zero-order valence-electron chi connectivity index (χ0n) is 6.45. The summed E-state index contributed by atoms with van der Waals surface area (Å²) in [5.74, 6) is -1.07. The van der Waals surface area contributed by atoms with Crippen molar-refractivity contribution in [3.63, 3.8) is 0 Å². The molecule has 0 saturated carbocycles. The summed E-state index contributed by atoms with van der Waals surface area (Å²) in [7, 11) is -3.75. The van der Waals surface area contributed by atoms with Crippen LogP contribution in [0.1, 0.15) is 0 Å². The lowest BCUT2D eigenvalue weighted by atomic mass is 10.8. The molecule has 0 saturated heterocycles. The highest BCUT2D eigenvalue weighted by molar-refractivity contribution is 7.87. The fourth-order valence-corrected chi connectivity index (χ4v) is 1.04. The fraction of sp³-hybridized carbons (Fsp3) is 0.750. The summed E-state index contributed by atoms with van der Waals surface area (Å²) in [4.78, 5) is 9.29. The molecule has 0 radical (unpaired) electrons. The molecule has 0 heterocycles. The van der Waals surface area contributed by atoms with Crippen molar-refractivity contribution >= 4 is 53.8 Å². The van der Waals surface area contributed by atoms with Crippen LogP contribution in [0.5, 0.6) is 0 Å². The van der Waals surface area contributed by atoms with Gasteiger partial charge in [0, 0.05) is 5.75 Å². The first-order valence-corrected chi connectivity index (χ1v) is 5.59. The van der Waals surface area contributed by atoms with E-state index >= 15 is 0 Å². The molecule has 0 unspecified atom stereocenters. The average molecular weight is 271 g/mol. The van der Waals surface area contributed by atoms with E-state index in [4.69, 9.17) is 9.66 Å². The van der Waals surface area contributed by atoms with Crippen LogP contribution in [-0.4, -0.2) is 41.3 Å². The molecular formula is C4H11ClO5S3. The van der Waals surface area contributed by atoms with Gasteiger partial charge in [0.05, 0.1) is 11.5 Å². The van der Waals surface area contributed by atoms with Crippen molar-refractivity contribution in [2.45, 2.75) is 0 Å². The van der Waals surface area contributed by atoms with Crippen LogP contribution in [0.2, 0.25) is 0 Å². The Labute approximate surface area is 93.9 Å². The van der Waals surface area contributed by atoms with Gasteiger partial charge in [-0.05, 0) is 0 Å². The third kappa shape index (κ3) is 32.8. The van der Waals surface area contributed by atoms with E-state index in [0.29, 0.717) is 0 Å². The lowest BCUT2D eigenvalue weighted by Gasteiger charge is -1.85. The number of carboxylic acid groups (broad SMARTS) is 1. The van der Waals surface area contributed by atoms with Crippen molar-refractivity contribution in [2.75, 3.05) is 17.3 Å². The molecule has 0 bridgehead atoms. The Kier molecular flexibility index (Phi) is 15.3. The zero-order chi connectivity index (χ0) is 10.2. The topological polar surface area (TPSA) is 91.7 Å². The molecule has 0 fully saturated rings. The van der Waals surface area contributed by atoms with Gasteiger partial charge in [0.15, 0.2) is 0 Å². The van der Waals surface area contributed by atoms with Crippen molar-refractivity contribution in [3.05, 3.63) is 0 Å². The predicted octanol–water partition coefficient (Wildman–Crippen LogP) is 0.227. The van der Waals surface area contributed by atoms with E-state index in [9.17, 15) is 13.2 Å². The molecule has 0 amide bonds. The fourth-order valence-electron chi connectivity index (χ4n) is 0.115. The van der Waals surface area contributed by atoms with Gasteiger partial charge in [-0.3, -0.25) is 9.35 Å². The van der Waals surface area contributed by atoms with Crippen LogP contribution < -0.4 is 0 Å². The molecule has 0 rings (SSSR count). The maximum absolute atomic E-state index is 9.74. The molecule has 0 spiro atoms. The highest BCUT2D eigenvalue weighted by atomic mass is 35.5. The first kappa shape index (κ1) is 19.0. The minimum Gasteiger partial charge on any atom is -0.481 e. The van der Waals surface area contributed by atoms with E-state index in [-0.39, 0.29) is 29.7 Å².